The summed E-state index contributed by atoms with van der Waals surface area (Å²) in [6.07, 6.45) is -0.215. The number of nitrogens with two attached hydrogens (primary N) is 1. The number of carbonyl (C=O) groups excluding carboxylic acids is 2. The van der Waals surface area contributed by atoms with E-state index in [1.54, 1.807) is 6.92 Å². The van der Waals surface area contributed by atoms with Crippen LogP contribution in [-0.4, -0.2) is 54.5 Å². The van der Waals surface area contributed by atoms with Crippen LogP contribution < -0.4 is 11.1 Å². The minimum Gasteiger partial charge on any atom is -0.478 e. The average molecular weight is 370 g/mol. The summed E-state index contributed by atoms with van der Waals surface area (Å²) >= 11 is 2.36. The second-order valence-electron chi connectivity index (χ2n) is 5.30. The third kappa shape index (κ3) is 2.74. The molecule has 1 aromatic rings. The monoisotopic (exact) mass is 370 g/mol. The van der Waals surface area contributed by atoms with E-state index in [1.807, 2.05) is 0 Å². The second-order valence-corrected chi connectivity index (χ2v) is 7.66. The van der Waals surface area contributed by atoms with E-state index in [0.29, 0.717) is 0 Å². The molecule has 4 atom stereocenters. The van der Waals surface area contributed by atoms with Crippen molar-refractivity contribution < 1.29 is 24.6 Å². The molecule has 0 aliphatic carbocycles. The van der Waals surface area contributed by atoms with Gasteiger partial charge in [0, 0.05) is 16.8 Å². The summed E-state index contributed by atoms with van der Waals surface area (Å²) in [5, 5.41) is 22.5. The van der Waals surface area contributed by atoms with Crippen molar-refractivity contribution in [1.29, 1.82) is 0 Å². The molecule has 2 aliphatic heterocycles. The SMILES string of the molecule is CC1S[C@@H]2C(NC(=O)C(O)c3csc(N)n3)C(=O)N2C=C1C(=O)O. The van der Waals surface area contributed by atoms with Crippen molar-refractivity contribution in [3.8, 4) is 0 Å². The van der Waals surface area contributed by atoms with Crippen LogP contribution in [0.3, 0.4) is 0 Å². The quantitative estimate of drug-likeness (QED) is 0.520. The van der Waals surface area contributed by atoms with Gasteiger partial charge in [0.15, 0.2) is 11.2 Å². The van der Waals surface area contributed by atoms with Gasteiger partial charge in [-0.3, -0.25) is 9.59 Å². The number of carboxylic acid groups (broad SMARTS) is 1. The molecule has 5 N–H and O–H groups in total. The van der Waals surface area contributed by atoms with Crippen LogP contribution in [0.1, 0.15) is 18.7 Å². The Morgan fingerprint density at radius 1 is 1.50 bits per heavy atom. The summed E-state index contributed by atoms with van der Waals surface area (Å²) in [6.45, 7) is 1.72. The summed E-state index contributed by atoms with van der Waals surface area (Å²) in [5.41, 5.74) is 5.72. The van der Waals surface area contributed by atoms with Gasteiger partial charge in [0.25, 0.3) is 11.8 Å². The number of thioether (sulfide) groups is 1. The molecule has 24 heavy (non-hydrogen) atoms. The Kier molecular flexibility index (Phi) is 4.24. The van der Waals surface area contributed by atoms with Gasteiger partial charge < -0.3 is 26.2 Å². The van der Waals surface area contributed by atoms with Crippen LogP contribution in [-0.2, 0) is 14.4 Å². The summed E-state index contributed by atoms with van der Waals surface area (Å²) in [5.74, 6) is -2.25. The number of carbonyl (C=O) groups is 3. The lowest BCUT2D eigenvalue weighted by molar-refractivity contribution is -0.147. The van der Waals surface area contributed by atoms with Crippen LogP contribution in [0.25, 0.3) is 0 Å². The Morgan fingerprint density at radius 2 is 2.21 bits per heavy atom. The smallest absolute Gasteiger partial charge is 0.334 e. The number of hydrogen-bond donors (Lipinski definition) is 4. The maximum atomic E-state index is 12.1. The third-order valence-electron chi connectivity index (χ3n) is 3.75. The highest BCUT2D eigenvalue weighted by molar-refractivity contribution is 8.00. The van der Waals surface area contributed by atoms with Gasteiger partial charge in [0.1, 0.15) is 11.4 Å². The number of aliphatic hydroxyl groups excluding tert-OH is 1. The lowest BCUT2D eigenvalue weighted by Crippen LogP contribution is -2.69. The van der Waals surface area contributed by atoms with Gasteiger partial charge in [0.2, 0.25) is 0 Å². The normalized spacial score (nSPS) is 26.9. The topological polar surface area (TPSA) is 146 Å². The van der Waals surface area contributed by atoms with Crippen molar-refractivity contribution >= 4 is 46.0 Å². The minimum absolute atomic E-state index is 0.122. The van der Waals surface area contributed by atoms with Crippen LogP contribution in [0.4, 0.5) is 5.13 Å². The van der Waals surface area contributed by atoms with Gasteiger partial charge >= 0.3 is 5.97 Å². The highest BCUT2D eigenvalue weighted by Crippen LogP contribution is 2.40. The molecule has 3 heterocycles. The Hall–Kier alpha value is -2.11. The number of nitrogens with one attached hydrogen (secondary N) is 1. The Balaban J connectivity index is 1.69. The maximum Gasteiger partial charge on any atom is 0.334 e. The first-order valence-electron chi connectivity index (χ1n) is 6.91. The number of anilines is 1. The number of carboxylic acids is 1. The lowest BCUT2D eigenvalue weighted by Gasteiger charge is -2.48. The summed E-state index contributed by atoms with van der Waals surface area (Å²) in [7, 11) is 0. The molecule has 11 heteroatoms. The largest absolute Gasteiger partial charge is 0.478 e. The molecule has 0 spiro atoms. The van der Waals surface area contributed by atoms with E-state index in [-0.39, 0.29) is 21.6 Å². The molecule has 0 radical (unpaired) electrons. The highest BCUT2D eigenvalue weighted by atomic mass is 32.2. The number of rotatable bonds is 4. The van der Waals surface area contributed by atoms with Crippen molar-refractivity contribution in [2.75, 3.05) is 5.73 Å². The molecule has 0 aromatic carbocycles. The lowest BCUT2D eigenvalue weighted by atomic mass is 10.1. The highest BCUT2D eigenvalue weighted by Gasteiger charge is 2.52. The molecule has 3 rings (SSSR count). The predicted molar refractivity (Wildman–Crippen MR) is 86.8 cm³/mol. The fourth-order valence-electron chi connectivity index (χ4n) is 2.46. The van der Waals surface area contributed by atoms with E-state index in [2.05, 4.69) is 10.3 Å². The summed E-state index contributed by atoms with van der Waals surface area (Å²) in [4.78, 5) is 40.5. The van der Waals surface area contributed by atoms with Gasteiger partial charge in [-0.25, -0.2) is 9.78 Å². The Morgan fingerprint density at radius 3 is 2.79 bits per heavy atom. The van der Waals surface area contributed by atoms with Gasteiger partial charge in [-0.2, -0.15) is 0 Å². The number of aromatic nitrogens is 1. The van der Waals surface area contributed by atoms with Crippen LogP contribution in [0, 0.1) is 0 Å². The number of aliphatic hydroxyl groups is 1. The second kappa shape index (κ2) is 6.07. The zero-order chi connectivity index (χ0) is 17.6. The van der Waals surface area contributed by atoms with Crippen molar-refractivity contribution in [3.63, 3.8) is 0 Å². The van der Waals surface area contributed by atoms with Crippen LogP contribution >= 0.6 is 23.1 Å². The molecule has 1 aromatic heterocycles. The number of nitrogens with zero attached hydrogens (tertiary/aromatic N) is 2. The van der Waals surface area contributed by atoms with Gasteiger partial charge in [-0.1, -0.05) is 0 Å². The van der Waals surface area contributed by atoms with Gasteiger partial charge in [-0.05, 0) is 6.92 Å². The fourth-order valence-corrected chi connectivity index (χ4v) is 4.41. The molecular formula is C13H14N4O5S2. The molecule has 0 saturated carbocycles. The first-order valence-corrected chi connectivity index (χ1v) is 8.74. The van der Waals surface area contributed by atoms with Crippen molar-refractivity contribution in [2.24, 2.45) is 0 Å². The molecule has 2 amide bonds. The number of nitrogen functional groups attached to an aromatic ring is 1. The fraction of sp³-hybridized carbons (Fsp3) is 0.385. The van der Waals surface area contributed by atoms with Crippen molar-refractivity contribution in [1.82, 2.24) is 15.2 Å². The Labute approximate surface area is 144 Å². The molecule has 1 fully saturated rings. The number of fused-ring (bicyclic) bond motifs is 1. The van der Waals surface area contributed by atoms with Gasteiger partial charge in [0.05, 0.1) is 11.3 Å². The summed E-state index contributed by atoms with van der Waals surface area (Å²) in [6, 6.07) is -0.817. The Bertz CT molecular complexity index is 748. The predicted octanol–water partition coefficient (Wildman–Crippen LogP) is -0.484. The van der Waals surface area contributed by atoms with E-state index in [0.717, 1.165) is 11.3 Å². The number of β-lactam (4-membered cyclic amide) rings is 1. The number of amides is 2. The van der Waals surface area contributed by atoms with E-state index in [9.17, 15) is 19.5 Å². The molecule has 2 aliphatic rings. The molecular weight excluding hydrogens is 356 g/mol. The average Bonchev–Trinajstić information content (AvgIpc) is 2.97. The first kappa shape index (κ1) is 16.7. The van der Waals surface area contributed by atoms with E-state index in [4.69, 9.17) is 10.8 Å². The molecule has 9 nitrogen and oxygen atoms in total. The van der Waals surface area contributed by atoms with E-state index >= 15 is 0 Å². The number of hydrogen-bond acceptors (Lipinski definition) is 8. The standard InChI is InChI=1S/C13H14N4O5S2/c1-4-5(12(21)22)2-17-10(20)7(11(17)24-4)16-9(19)8(18)6-3-23-13(14)15-6/h2-4,7-8,11,18H,1H3,(H2,14,15)(H,16,19)(H,21,22)/t4?,7?,8?,11-/m1/s1. The van der Waals surface area contributed by atoms with E-state index in [1.165, 1.54) is 28.2 Å². The zero-order valence-corrected chi connectivity index (χ0v) is 14.0. The first-order chi connectivity index (χ1) is 11.3. The van der Waals surface area contributed by atoms with Crippen molar-refractivity contribution in [2.45, 2.75) is 29.7 Å². The van der Waals surface area contributed by atoms with Crippen LogP contribution in [0.5, 0.6) is 0 Å². The minimum atomic E-state index is -1.52. The van der Waals surface area contributed by atoms with Gasteiger partial charge in [-0.15, -0.1) is 23.1 Å². The van der Waals surface area contributed by atoms with Crippen LogP contribution in [0.2, 0.25) is 0 Å². The molecule has 128 valence electrons. The third-order valence-corrected chi connectivity index (χ3v) is 5.88. The van der Waals surface area contributed by atoms with Crippen molar-refractivity contribution in [3.05, 3.63) is 22.8 Å². The molecule has 0 bridgehead atoms. The number of thiazole rings is 1. The number of aliphatic carboxylic acids is 1. The molecule has 1 saturated heterocycles. The maximum absolute atomic E-state index is 12.1. The molecule has 3 unspecified atom stereocenters. The van der Waals surface area contributed by atoms with E-state index < -0.39 is 35.3 Å². The zero-order valence-electron chi connectivity index (χ0n) is 12.4. The summed E-state index contributed by atoms with van der Waals surface area (Å²) < 4.78 is 0. The van der Waals surface area contributed by atoms with Crippen LogP contribution in [0.15, 0.2) is 17.2 Å².